The lowest BCUT2D eigenvalue weighted by Gasteiger charge is -1.98. The van der Waals surface area contributed by atoms with Crippen molar-refractivity contribution >= 4 is 44.9 Å². The second-order valence-corrected chi connectivity index (χ2v) is 4.17. The van der Waals surface area contributed by atoms with Gasteiger partial charge in [-0.1, -0.05) is 11.8 Å². The first kappa shape index (κ1) is 9.23. The number of halogens is 2. The Labute approximate surface area is 91.8 Å². The second-order valence-electron chi connectivity index (χ2n) is 2.21. The molecule has 0 amide bonds. The smallest absolute Gasteiger partial charge is 0.202 e. The maximum Gasteiger partial charge on any atom is 0.228 e. The van der Waals surface area contributed by atoms with Crippen LogP contribution in [0.1, 0.15) is 0 Å². The largest absolute Gasteiger partial charge is 0.228 e. The van der Waals surface area contributed by atoms with Gasteiger partial charge in [0.2, 0.25) is 5.28 Å². The van der Waals surface area contributed by atoms with Gasteiger partial charge in [0.15, 0.2) is 10.8 Å². The van der Waals surface area contributed by atoms with Crippen LogP contribution in [0.2, 0.25) is 5.28 Å². The van der Waals surface area contributed by atoms with Crippen LogP contribution in [0.5, 0.6) is 0 Å². The summed E-state index contributed by atoms with van der Waals surface area (Å²) in [6, 6.07) is 0. The number of fused-ring (bicyclic) bond motifs is 1. The third kappa shape index (κ3) is 1.53. The Morgan fingerprint density at radius 2 is 2.31 bits per heavy atom. The molecule has 2 rings (SSSR count). The lowest BCUT2D eigenvalue weighted by Crippen LogP contribution is -1.97. The zero-order valence-corrected chi connectivity index (χ0v) is 9.69. The molecule has 0 saturated heterocycles. The van der Waals surface area contributed by atoms with E-state index in [1.807, 2.05) is 6.26 Å². The van der Waals surface area contributed by atoms with Gasteiger partial charge in [-0.05, 0) is 33.8 Å². The Hall–Kier alpha value is -0.330. The van der Waals surface area contributed by atoms with Crippen molar-refractivity contribution < 1.29 is 0 Å². The van der Waals surface area contributed by atoms with Crippen LogP contribution in [0, 0.1) is 0 Å². The molecule has 4 nitrogen and oxygen atoms in total. The van der Waals surface area contributed by atoms with Crippen molar-refractivity contribution in [2.24, 2.45) is 0 Å². The monoisotopic (exact) mass is 278 g/mol. The number of hydrogen-bond donors (Lipinski definition) is 0. The van der Waals surface area contributed by atoms with Crippen LogP contribution >= 0.6 is 39.3 Å². The maximum absolute atomic E-state index is 5.87. The van der Waals surface area contributed by atoms with Gasteiger partial charge in [0.05, 0.1) is 10.7 Å². The first-order valence-corrected chi connectivity index (χ1v) is 5.72. The average Bonchev–Trinajstić information content (AvgIpc) is 2.48. The Morgan fingerprint density at radius 3 is 3.00 bits per heavy atom. The van der Waals surface area contributed by atoms with Gasteiger partial charge in [0.1, 0.15) is 0 Å². The SMILES string of the molecule is CSc1nc(Cl)n2ncc(Br)c2n1. The summed E-state index contributed by atoms with van der Waals surface area (Å²) in [7, 11) is 0. The second kappa shape index (κ2) is 3.43. The molecule has 13 heavy (non-hydrogen) atoms. The molecule has 7 heteroatoms. The van der Waals surface area contributed by atoms with Crippen molar-refractivity contribution in [2.75, 3.05) is 6.26 Å². The zero-order valence-electron chi connectivity index (χ0n) is 6.53. The summed E-state index contributed by atoms with van der Waals surface area (Å²) in [6.45, 7) is 0. The maximum atomic E-state index is 5.87. The quantitative estimate of drug-likeness (QED) is 0.751. The molecule has 2 aromatic heterocycles. The number of thioether (sulfide) groups is 1. The summed E-state index contributed by atoms with van der Waals surface area (Å²) in [5.74, 6) is 0. The van der Waals surface area contributed by atoms with E-state index in [-0.39, 0.29) is 0 Å². The first-order valence-electron chi connectivity index (χ1n) is 3.33. The Bertz CT molecular complexity index is 457. The van der Waals surface area contributed by atoms with E-state index < -0.39 is 0 Å². The molecule has 0 bridgehead atoms. The van der Waals surface area contributed by atoms with E-state index in [2.05, 4.69) is 31.0 Å². The van der Waals surface area contributed by atoms with Crippen LogP contribution in [-0.2, 0) is 0 Å². The van der Waals surface area contributed by atoms with Gasteiger partial charge in [-0.25, -0.2) is 4.98 Å². The van der Waals surface area contributed by atoms with Gasteiger partial charge >= 0.3 is 0 Å². The van der Waals surface area contributed by atoms with E-state index in [4.69, 9.17) is 11.6 Å². The standard InChI is InChI=1S/C6H4BrClN4S/c1-13-6-10-4-3(7)2-9-12(4)5(8)11-6/h2H,1H3. The van der Waals surface area contributed by atoms with Crippen LogP contribution in [0.3, 0.4) is 0 Å². The van der Waals surface area contributed by atoms with Crippen LogP contribution in [0.15, 0.2) is 15.8 Å². The van der Waals surface area contributed by atoms with E-state index in [1.54, 1.807) is 6.20 Å². The summed E-state index contributed by atoms with van der Waals surface area (Å²) in [6.07, 6.45) is 3.53. The summed E-state index contributed by atoms with van der Waals surface area (Å²) in [4.78, 5) is 8.27. The van der Waals surface area contributed by atoms with E-state index >= 15 is 0 Å². The molecule has 0 spiro atoms. The third-order valence-electron chi connectivity index (χ3n) is 1.45. The normalized spacial score (nSPS) is 11.0. The van der Waals surface area contributed by atoms with Crippen LogP contribution in [-0.4, -0.2) is 25.8 Å². The molecule has 2 aromatic rings. The molecular weight excluding hydrogens is 276 g/mol. The predicted molar refractivity (Wildman–Crippen MR) is 55.3 cm³/mol. The first-order chi connectivity index (χ1) is 6.22. The molecule has 2 heterocycles. The van der Waals surface area contributed by atoms with Gasteiger partial charge < -0.3 is 0 Å². The fourth-order valence-corrected chi connectivity index (χ4v) is 1.85. The van der Waals surface area contributed by atoms with E-state index in [0.717, 1.165) is 4.47 Å². The molecular formula is C6H4BrClN4S. The molecule has 0 saturated carbocycles. The average molecular weight is 280 g/mol. The number of aromatic nitrogens is 4. The van der Waals surface area contributed by atoms with Crippen LogP contribution in [0.4, 0.5) is 0 Å². The molecule has 0 aliphatic heterocycles. The summed E-state index contributed by atoms with van der Waals surface area (Å²) >= 11 is 10.6. The van der Waals surface area contributed by atoms with Crippen molar-refractivity contribution in [3.63, 3.8) is 0 Å². The summed E-state index contributed by atoms with van der Waals surface area (Å²) in [5, 5.41) is 4.95. The van der Waals surface area contributed by atoms with E-state index in [0.29, 0.717) is 16.1 Å². The van der Waals surface area contributed by atoms with Crippen molar-refractivity contribution in [1.29, 1.82) is 0 Å². The van der Waals surface area contributed by atoms with Gasteiger partial charge in [-0.15, -0.1) is 0 Å². The zero-order chi connectivity index (χ0) is 9.42. The minimum absolute atomic E-state index is 0.319. The molecule has 0 fully saturated rings. The van der Waals surface area contributed by atoms with Gasteiger partial charge in [0, 0.05) is 0 Å². The molecule has 0 aliphatic carbocycles. The summed E-state index contributed by atoms with van der Waals surface area (Å²) in [5.41, 5.74) is 0.685. The summed E-state index contributed by atoms with van der Waals surface area (Å²) < 4.78 is 2.29. The van der Waals surface area contributed by atoms with Crippen LogP contribution < -0.4 is 0 Å². The van der Waals surface area contributed by atoms with E-state index in [1.165, 1.54) is 16.3 Å². The van der Waals surface area contributed by atoms with Crippen molar-refractivity contribution in [1.82, 2.24) is 19.6 Å². The highest BCUT2D eigenvalue weighted by atomic mass is 79.9. The van der Waals surface area contributed by atoms with Gasteiger partial charge in [-0.2, -0.15) is 14.6 Å². The predicted octanol–water partition coefficient (Wildman–Crippen LogP) is 2.26. The highest BCUT2D eigenvalue weighted by molar-refractivity contribution is 9.10. The van der Waals surface area contributed by atoms with E-state index in [9.17, 15) is 0 Å². The molecule has 68 valence electrons. The fraction of sp³-hybridized carbons (Fsp3) is 0.167. The molecule has 0 aromatic carbocycles. The van der Waals surface area contributed by atoms with Crippen LogP contribution in [0.25, 0.3) is 5.65 Å². The minimum atomic E-state index is 0.319. The fourth-order valence-electron chi connectivity index (χ4n) is 0.891. The highest BCUT2D eigenvalue weighted by Crippen LogP contribution is 2.20. The Kier molecular flexibility index (Phi) is 2.44. The van der Waals surface area contributed by atoms with Gasteiger partial charge in [-0.3, -0.25) is 0 Å². The molecule has 0 atom stereocenters. The highest BCUT2D eigenvalue weighted by Gasteiger charge is 2.08. The third-order valence-corrected chi connectivity index (χ3v) is 2.80. The Morgan fingerprint density at radius 1 is 1.54 bits per heavy atom. The topological polar surface area (TPSA) is 43.1 Å². The lowest BCUT2D eigenvalue weighted by molar-refractivity contribution is 0.835. The number of nitrogens with zero attached hydrogens (tertiary/aromatic N) is 4. The lowest BCUT2D eigenvalue weighted by atomic mass is 10.7. The molecule has 0 radical (unpaired) electrons. The van der Waals surface area contributed by atoms with Crippen molar-refractivity contribution in [3.05, 3.63) is 16.0 Å². The van der Waals surface area contributed by atoms with Crippen molar-refractivity contribution in [3.8, 4) is 0 Å². The number of hydrogen-bond acceptors (Lipinski definition) is 4. The Balaban J connectivity index is 2.80. The minimum Gasteiger partial charge on any atom is -0.202 e. The molecule has 0 aliphatic rings. The number of rotatable bonds is 1. The van der Waals surface area contributed by atoms with Crippen molar-refractivity contribution in [2.45, 2.75) is 5.16 Å². The molecule has 0 N–H and O–H groups in total. The van der Waals surface area contributed by atoms with Gasteiger partial charge in [0.25, 0.3) is 0 Å². The molecule has 0 unspecified atom stereocenters.